The fourth-order valence-electron chi connectivity index (χ4n) is 3.13. The van der Waals surface area contributed by atoms with E-state index in [-0.39, 0.29) is 5.56 Å². The van der Waals surface area contributed by atoms with Crippen LogP contribution in [-0.4, -0.2) is 27.9 Å². The fraction of sp³-hybridized carbons (Fsp3) is 0.316. The summed E-state index contributed by atoms with van der Waals surface area (Å²) in [5.41, 5.74) is 4.00. The molecule has 128 valence electrons. The molecule has 6 heteroatoms. The van der Waals surface area contributed by atoms with Crippen LogP contribution in [0.25, 0.3) is 22.0 Å². The fourth-order valence-corrected chi connectivity index (χ4v) is 3.92. The van der Waals surface area contributed by atoms with Gasteiger partial charge in [0.25, 0.3) is 5.56 Å². The first-order valence-corrected chi connectivity index (χ1v) is 9.52. The Kier molecular flexibility index (Phi) is 4.36. The zero-order valence-electron chi connectivity index (χ0n) is 14.2. The molecular weight excluding hydrogens is 332 g/mol. The topological polar surface area (TPSA) is 51.0 Å². The summed E-state index contributed by atoms with van der Waals surface area (Å²) >= 11 is 1.55. The highest BCUT2D eigenvalue weighted by Gasteiger charge is 2.13. The highest BCUT2D eigenvalue weighted by molar-refractivity contribution is 7.13. The van der Waals surface area contributed by atoms with Crippen molar-refractivity contribution in [3.8, 4) is 22.0 Å². The SMILES string of the molecule is CCn1nc(-c2nc(-c3ccc(N4CCCC4)cc3)cs2)ccc1=O. The molecule has 0 N–H and O–H groups in total. The van der Waals surface area contributed by atoms with Crippen LogP contribution in [0.2, 0.25) is 0 Å². The Morgan fingerprint density at radius 1 is 1.04 bits per heavy atom. The molecule has 0 atom stereocenters. The lowest BCUT2D eigenvalue weighted by Crippen LogP contribution is -2.20. The van der Waals surface area contributed by atoms with Crippen molar-refractivity contribution in [3.05, 3.63) is 52.1 Å². The zero-order chi connectivity index (χ0) is 17.2. The van der Waals surface area contributed by atoms with Gasteiger partial charge in [0.1, 0.15) is 10.7 Å². The molecule has 0 unspecified atom stereocenters. The number of rotatable bonds is 4. The molecule has 0 saturated carbocycles. The van der Waals surface area contributed by atoms with E-state index in [1.165, 1.54) is 23.2 Å². The molecule has 0 aliphatic carbocycles. The van der Waals surface area contributed by atoms with Crippen molar-refractivity contribution in [3.63, 3.8) is 0 Å². The molecule has 4 rings (SSSR count). The molecule has 1 aliphatic heterocycles. The summed E-state index contributed by atoms with van der Waals surface area (Å²) in [6.07, 6.45) is 2.56. The minimum atomic E-state index is -0.0828. The maximum Gasteiger partial charge on any atom is 0.266 e. The molecule has 1 fully saturated rings. The number of thiazole rings is 1. The Hall–Kier alpha value is -2.47. The molecule has 1 saturated heterocycles. The normalized spacial score (nSPS) is 14.2. The summed E-state index contributed by atoms with van der Waals surface area (Å²) in [6.45, 7) is 4.77. The van der Waals surface area contributed by atoms with E-state index in [0.29, 0.717) is 6.54 Å². The number of hydrogen-bond donors (Lipinski definition) is 0. The van der Waals surface area contributed by atoms with E-state index in [2.05, 4.69) is 34.3 Å². The van der Waals surface area contributed by atoms with Crippen molar-refractivity contribution in [1.82, 2.24) is 14.8 Å². The summed E-state index contributed by atoms with van der Waals surface area (Å²) in [6, 6.07) is 11.9. The third kappa shape index (κ3) is 3.22. The summed E-state index contributed by atoms with van der Waals surface area (Å²) in [5.74, 6) is 0. The Bertz CT molecular complexity index is 923. The number of benzene rings is 1. The Balaban J connectivity index is 1.59. The first kappa shape index (κ1) is 16.0. The van der Waals surface area contributed by atoms with Crippen molar-refractivity contribution in [2.45, 2.75) is 26.3 Å². The van der Waals surface area contributed by atoms with Gasteiger partial charge >= 0.3 is 0 Å². The number of aromatic nitrogens is 3. The van der Waals surface area contributed by atoms with Gasteiger partial charge in [-0.3, -0.25) is 4.79 Å². The van der Waals surface area contributed by atoms with Gasteiger partial charge in [-0.1, -0.05) is 12.1 Å². The van der Waals surface area contributed by atoms with Crippen LogP contribution in [0, 0.1) is 0 Å². The van der Waals surface area contributed by atoms with Crippen LogP contribution in [0.5, 0.6) is 0 Å². The van der Waals surface area contributed by atoms with Crippen LogP contribution >= 0.6 is 11.3 Å². The molecule has 1 aromatic carbocycles. The lowest BCUT2D eigenvalue weighted by atomic mass is 10.1. The maximum absolute atomic E-state index is 11.7. The largest absolute Gasteiger partial charge is 0.372 e. The first-order chi connectivity index (χ1) is 12.2. The molecule has 0 spiro atoms. The monoisotopic (exact) mass is 352 g/mol. The average Bonchev–Trinajstić information content (AvgIpc) is 3.34. The highest BCUT2D eigenvalue weighted by Crippen LogP contribution is 2.29. The Labute approximate surface area is 150 Å². The van der Waals surface area contributed by atoms with Gasteiger partial charge in [0.15, 0.2) is 0 Å². The van der Waals surface area contributed by atoms with Gasteiger partial charge in [0.2, 0.25) is 0 Å². The molecule has 0 radical (unpaired) electrons. The van der Waals surface area contributed by atoms with E-state index >= 15 is 0 Å². The quantitative estimate of drug-likeness (QED) is 0.719. The second kappa shape index (κ2) is 6.80. The highest BCUT2D eigenvalue weighted by atomic mass is 32.1. The lowest BCUT2D eigenvalue weighted by Gasteiger charge is -2.17. The van der Waals surface area contributed by atoms with Crippen molar-refractivity contribution in [2.24, 2.45) is 0 Å². The van der Waals surface area contributed by atoms with Gasteiger partial charge < -0.3 is 4.90 Å². The zero-order valence-corrected chi connectivity index (χ0v) is 15.0. The van der Waals surface area contributed by atoms with Crippen LogP contribution in [0.15, 0.2) is 46.6 Å². The minimum Gasteiger partial charge on any atom is -0.372 e. The van der Waals surface area contributed by atoms with Crippen LogP contribution < -0.4 is 10.5 Å². The molecule has 0 bridgehead atoms. The summed E-state index contributed by atoms with van der Waals surface area (Å²) < 4.78 is 1.46. The third-order valence-electron chi connectivity index (χ3n) is 4.52. The maximum atomic E-state index is 11.7. The summed E-state index contributed by atoms with van der Waals surface area (Å²) in [5, 5.41) is 7.26. The Morgan fingerprint density at radius 2 is 1.80 bits per heavy atom. The van der Waals surface area contributed by atoms with Gasteiger partial charge in [0, 0.05) is 42.3 Å². The van der Waals surface area contributed by atoms with Gasteiger partial charge in [-0.2, -0.15) is 5.10 Å². The minimum absolute atomic E-state index is 0.0828. The molecule has 2 aromatic heterocycles. The predicted octanol–water partition coefficient (Wildman–Crippen LogP) is 3.65. The number of hydrogen-bond acceptors (Lipinski definition) is 5. The molecule has 3 heterocycles. The third-order valence-corrected chi connectivity index (χ3v) is 5.39. The summed E-state index contributed by atoms with van der Waals surface area (Å²) in [4.78, 5) is 18.8. The second-order valence-corrected chi connectivity index (χ2v) is 7.01. The van der Waals surface area contributed by atoms with Crippen molar-refractivity contribution in [1.29, 1.82) is 0 Å². The van der Waals surface area contributed by atoms with E-state index in [1.54, 1.807) is 23.5 Å². The number of nitrogens with zero attached hydrogens (tertiary/aromatic N) is 4. The van der Waals surface area contributed by atoms with Crippen LogP contribution in [0.4, 0.5) is 5.69 Å². The van der Waals surface area contributed by atoms with Gasteiger partial charge in [0.05, 0.1) is 5.69 Å². The predicted molar refractivity (Wildman–Crippen MR) is 102 cm³/mol. The molecule has 1 aliphatic rings. The van der Waals surface area contributed by atoms with E-state index < -0.39 is 0 Å². The number of anilines is 1. The van der Waals surface area contributed by atoms with Crippen LogP contribution in [-0.2, 0) is 6.54 Å². The van der Waals surface area contributed by atoms with E-state index in [9.17, 15) is 4.79 Å². The first-order valence-electron chi connectivity index (χ1n) is 8.64. The molecule has 5 nitrogen and oxygen atoms in total. The van der Waals surface area contributed by atoms with Crippen LogP contribution in [0.3, 0.4) is 0 Å². The summed E-state index contributed by atoms with van der Waals surface area (Å²) in [7, 11) is 0. The molecule has 0 amide bonds. The van der Waals surface area contributed by atoms with Crippen molar-refractivity contribution < 1.29 is 0 Å². The average molecular weight is 352 g/mol. The van der Waals surface area contributed by atoms with Gasteiger partial charge in [-0.25, -0.2) is 9.67 Å². The molecule has 3 aromatic rings. The second-order valence-electron chi connectivity index (χ2n) is 6.15. The smallest absolute Gasteiger partial charge is 0.266 e. The van der Waals surface area contributed by atoms with Crippen molar-refractivity contribution in [2.75, 3.05) is 18.0 Å². The van der Waals surface area contributed by atoms with Gasteiger partial charge in [-0.15, -0.1) is 11.3 Å². The van der Waals surface area contributed by atoms with Crippen LogP contribution in [0.1, 0.15) is 19.8 Å². The number of aryl methyl sites for hydroxylation is 1. The molecule has 25 heavy (non-hydrogen) atoms. The Morgan fingerprint density at radius 3 is 2.52 bits per heavy atom. The van der Waals surface area contributed by atoms with Gasteiger partial charge in [-0.05, 0) is 38.0 Å². The lowest BCUT2D eigenvalue weighted by molar-refractivity contribution is 0.619. The standard InChI is InChI=1S/C19H20N4OS/c1-2-23-18(24)10-9-16(21-23)19-20-17(13-25-19)14-5-7-15(8-6-14)22-11-3-4-12-22/h5-10,13H,2-4,11-12H2,1H3. The molecular formula is C19H20N4OS. The van der Waals surface area contributed by atoms with Crippen molar-refractivity contribution >= 4 is 17.0 Å². The van der Waals surface area contributed by atoms with E-state index in [1.807, 2.05) is 12.3 Å². The van der Waals surface area contributed by atoms with E-state index in [0.717, 1.165) is 35.0 Å². The van der Waals surface area contributed by atoms with E-state index in [4.69, 9.17) is 4.98 Å².